The van der Waals surface area contributed by atoms with Crippen LogP contribution in [0, 0.1) is 5.92 Å². The summed E-state index contributed by atoms with van der Waals surface area (Å²) < 4.78 is 25.3. The first-order valence-electron chi connectivity index (χ1n) is 5.09. The van der Waals surface area contributed by atoms with Crippen molar-refractivity contribution in [2.45, 2.75) is 23.1 Å². The Kier molecular flexibility index (Phi) is 3.23. The molecule has 1 aromatic rings. The number of aromatic amines is 1. The van der Waals surface area contributed by atoms with Crippen molar-refractivity contribution in [3.8, 4) is 0 Å². The highest BCUT2D eigenvalue weighted by molar-refractivity contribution is 7.89. The van der Waals surface area contributed by atoms with Crippen LogP contribution in [0.15, 0.2) is 17.3 Å². The molecule has 1 fully saturated rings. The van der Waals surface area contributed by atoms with E-state index in [1.54, 1.807) is 7.05 Å². The van der Waals surface area contributed by atoms with Crippen LogP contribution < -0.4 is 0 Å². The van der Waals surface area contributed by atoms with Crippen LogP contribution in [0.25, 0.3) is 0 Å². The third kappa shape index (κ3) is 2.23. The van der Waals surface area contributed by atoms with Gasteiger partial charge in [0.1, 0.15) is 4.90 Å². The van der Waals surface area contributed by atoms with Crippen LogP contribution in [0.5, 0.6) is 0 Å². The Balaban J connectivity index is 2.01. The molecule has 0 radical (unpaired) electrons. The minimum atomic E-state index is -3.39. The summed E-state index contributed by atoms with van der Waals surface area (Å²) >= 11 is 5.86. The Labute approximate surface area is 99.8 Å². The SMILES string of the molecule is CN(CC1CC(Cl)C1)S(=O)(=O)c1cn[nH]c1. The van der Waals surface area contributed by atoms with E-state index in [1.807, 2.05) is 0 Å². The molecule has 1 aliphatic carbocycles. The highest BCUT2D eigenvalue weighted by Crippen LogP contribution is 2.33. The topological polar surface area (TPSA) is 66.1 Å². The fourth-order valence-electron chi connectivity index (χ4n) is 1.83. The van der Waals surface area contributed by atoms with Crippen LogP contribution in [-0.4, -0.2) is 41.9 Å². The van der Waals surface area contributed by atoms with Gasteiger partial charge in [-0.1, -0.05) is 0 Å². The van der Waals surface area contributed by atoms with E-state index in [4.69, 9.17) is 11.6 Å². The molecule has 1 N–H and O–H groups in total. The summed E-state index contributed by atoms with van der Waals surface area (Å²) in [5, 5.41) is 6.36. The Morgan fingerprint density at radius 2 is 2.31 bits per heavy atom. The summed E-state index contributed by atoms with van der Waals surface area (Å²) in [4.78, 5) is 0.205. The molecule has 7 heteroatoms. The van der Waals surface area contributed by atoms with Gasteiger partial charge in [-0.05, 0) is 18.8 Å². The van der Waals surface area contributed by atoms with Crippen LogP contribution in [0.3, 0.4) is 0 Å². The molecule has 1 aromatic heterocycles. The molecule has 0 aromatic carbocycles. The molecule has 1 saturated carbocycles. The van der Waals surface area contributed by atoms with Crippen LogP contribution in [-0.2, 0) is 10.0 Å². The maximum atomic E-state index is 12.0. The van der Waals surface area contributed by atoms with Crippen molar-refractivity contribution in [3.05, 3.63) is 12.4 Å². The van der Waals surface area contributed by atoms with Gasteiger partial charge in [0.25, 0.3) is 0 Å². The first-order chi connectivity index (χ1) is 7.50. The minimum Gasteiger partial charge on any atom is -0.284 e. The zero-order valence-corrected chi connectivity index (χ0v) is 10.5. The molecule has 16 heavy (non-hydrogen) atoms. The molecule has 1 heterocycles. The molecule has 0 aliphatic heterocycles. The Bertz CT molecular complexity index is 439. The number of aromatic nitrogens is 2. The van der Waals surface area contributed by atoms with Gasteiger partial charge in [0.2, 0.25) is 10.0 Å². The first-order valence-corrected chi connectivity index (χ1v) is 6.97. The van der Waals surface area contributed by atoms with Crippen LogP contribution in [0.1, 0.15) is 12.8 Å². The lowest BCUT2D eigenvalue weighted by Crippen LogP contribution is -2.37. The lowest BCUT2D eigenvalue weighted by molar-refractivity contribution is 0.268. The van der Waals surface area contributed by atoms with E-state index in [9.17, 15) is 8.42 Å². The van der Waals surface area contributed by atoms with Gasteiger partial charge >= 0.3 is 0 Å². The maximum absolute atomic E-state index is 12.0. The van der Waals surface area contributed by atoms with Crippen LogP contribution in [0.4, 0.5) is 0 Å². The number of nitrogens with one attached hydrogen (secondary N) is 1. The third-order valence-corrected chi connectivity index (χ3v) is 5.02. The Morgan fingerprint density at radius 3 is 2.81 bits per heavy atom. The Morgan fingerprint density at radius 1 is 1.62 bits per heavy atom. The lowest BCUT2D eigenvalue weighted by Gasteiger charge is -2.33. The highest BCUT2D eigenvalue weighted by Gasteiger charge is 2.31. The van der Waals surface area contributed by atoms with E-state index < -0.39 is 10.0 Å². The molecule has 0 spiro atoms. The van der Waals surface area contributed by atoms with E-state index in [1.165, 1.54) is 16.7 Å². The molecule has 0 amide bonds. The molecule has 90 valence electrons. The van der Waals surface area contributed by atoms with Crippen molar-refractivity contribution < 1.29 is 8.42 Å². The predicted octanol–water partition coefficient (Wildman–Crippen LogP) is 1.05. The lowest BCUT2D eigenvalue weighted by atomic mass is 9.85. The van der Waals surface area contributed by atoms with Crippen molar-refractivity contribution in [2.24, 2.45) is 5.92 Å². The van der Waals surface area contributed by atoms with E-state index >= 15 is 0 Å². The van der Waals surface area contributed by atoms with Crippen molar-refractivity contribution in [1.29, 1.82) is 0 Å². The molecule has 5 nitrogen and oxygen atoms in total. The van der Waals surface area contributed by atoms with Crippen molar-refractivity contribution in [1.82, 2.24) is 14.5 Å². The average Bonchev–Trinajstić information content (AvgIpc) is 2.68. The third-order valence-electron chi connectivity index (χ3n) is 2.87. The summed E-state index contributed by atoms with van der Waals surface area (Å²) in [6.45, 7) is 0.525. The maximum Gasteiger partial charge on any atom is 0.245 e. The molecule has 0 saturated heterocycles. The van der Waals surface area contributed by atoms with Crippen molar-refractivity contribution >= 4 is 21.6 Å². The summed E-state index contributed by atoms with van der Waals surface area (Å²) in [7, 11) is -1.80. The van der Waals surface area contributed by atoms with Gasteiger partial charge in [0.15, 0.2) is 0 Å². The van der Waals surface area contributed by atoms with Gasteiger partial charge in [-0.2, -0.15) is 5.10 Å². The highest BCUT2D eigenvalue weighted by atomic mass is 35.5. The number of alkyl halides is 1. The number of H-pyrrole nitrogens is 1. The first kappa shape index (κ1) is 11.9. The second kappa shape index (κ2) is 4.35. The number of hydrogen-bond acceptors (Lipinski definition) is 3. The number of rotatable bonds is 4. The van der Waals surface area contributed by atoms with Gasteiger partial charge in [0, 0.05) is 25.2 Å². The standard InChI is InChI=1S/C9H14ClN3O2S/c1-13(6-7-2-8(10)3-7)16(14,15)9-4-11-12-5-9/h4-5,7-8H,2-3,6H2,1H3,(H,11,12). The number of hydrogen-bond donors (Lipinski definition) is 1. The molecular formula is C9H14ClN3O2S. The monoisotopic (exact) mass is 263 g/mol. The van der Waals surface area contributed by atoms with Crippen molar-refractivity contribution in [3.63, 3.8) is 0 Å². The van der Waals surface area contributed by atoms with Crippen molar-refractivity contribution in [2.75, 3.05) is 13.6 Å². The van der Waals surface area contributed by atoms with Crippen LogP contribution >= 0.6 is 11.6 Å². The minimum absolute atomic E-state index is 0.205. The van der Waals surface area contributed by atoms with Crippen LogP contribution in [0.2, 0.25) is 0 Å². The second-order valence-electron chi connectivity index (χ2n) is 4.15. The Hall–Kier alpha value is -0.590. The van der Waals surface area contributed by atoms with Gasteiger partial charge < -0.3 is 0 Å². The fraction of sp³-hybridized carbons (Fsp3) is 0.667. The molecular weight excluding hydrogens is 250 g/mol. The van der Waals surface area contributed by atoms with E-state index in [0.29, 0.717) is 12.5 Å². The van der Waals surface area contributed by atoms with Gasteiger partial charge in [0.05, 0.1) is 6.20 Å². The molecule has 0 atom stereocenters. The zero-order chi connectivity index (χ0) is 11.8. The molecule has 1 aliphatic rings. The summed E-state index contributed by atoms with van der Waals surface area (Å²) in [6, 6.07) is 0. The normalized spacial score (nSPS) is 25.7. The number of halogens is 1. The number of sulfonamides is 1. The summed E-state index contributed by atoms with van der Waals surface area (Å²) in [6.07, 6.45) is 4.49. The predicted molar refractivity (Wildman–Crippen MR) is 60.8 cm³/mol. The van der Waals surface area contributed by atoms with E-state index in [2.05, 4.69) is 10.2 Å². The van der Waals surface area contributed by atoms with E-state index in [-0.39, 0.29) is 10.3 Å². The quantitative estimate of drug-likeness (QED) is 0.826. The zero-order valence-electron chi connectivity index (χ0n) is 8.93. The average molecular weight is 264 g/mol. The smallest absolute Gasteiger partial charge is 0.245 e. The molecule has 2 rings (SSSR count). The summed E-state index contributed by atoms with van der Waals surface area (Å²) in [5.74, 6) is 0.383. The van der Waals surface area contributed by atoms with Gasteiger partial charge in [-0.3, -0.25) is 5.10 Å². The second-order valence-corrected chi connectivity index (χ2v) is 6.82. The molecule has 0 bridgehead atoms. The van der Waals surface area contributed by atoms with E-state index in [0.717, 1.165) is 12.8 Å². The number of nitrogens with zero attached hydrogens (tertiary/aromatic N) is 2. The largest absolute Gasteiger partial charge is 0.284 e. The van der Waals surface area contributed by atoms with Gasteiger partial charge in [-0.15, -0.1) is 11.6 Å². The molecule has 0 unspecified atom stereocenters. The van der Waals surface area contributed by atoms with Gasteiger partial charge in [-0.25, -0.2) is 12.7 Å². The fourth-order valence-corrected chi connectivity index (χ4v) is 3.48. The summed E-state index contributed by atoms with van der Waals surface area (Å²) in [5.41, 5.74) is 0.